The summed E-state index contributed by atoms with van der Waals surface area (Å²) < 4.78 is 1.69. The SMILES string of the molecule is CCCC(O)Cc1ncnn1C. The molecular weight excluding hydrogens is 154 g/mol. The molecule has 0 saturated heterocycles. The highest BCUT2D eigenvalue weighted by Gasteiger charge is 2.07. The zero-order chi connectivity index (χ0) is 8.97. The predicted octanol–water partition coefficient (Wildman–Crippen LogP) is 0.519. The van der Waals surface area contributed by atoms with E-state index in [2.05, 4.69) is 17.0 Å². The van der Waals surface area contributed by atoms with Crippen LogP contribution in [-0.2, 0) is 13.5 Å². The van der Waals surface area contributed by atoms with Crippen LogP contribution in [0.3, 0.4) is 0 Å². The standard InChI is InChI=1S/C8H15N3O/c1-3-4-7(12)5-8-9-6-10-11(8)2/h6-7,12H,3-5H2,1-2H3. The lowest BCUT2D eigenvalue weighted by Crippen LogP contribution is -2.13. The molecule has 4 heteroatoms. The highest BCUT2D eigenvalue weighted by molar-refractivity contribution is 4.85. The molecule has 1 rings (SSSR count). The number of aliphatic hydroxyl groups is 1. The summed E-state index contributed by atoms with van der Waals surface area (Å²) in [6, 6.07) is 0. The van der Waals surface area contributed by atoms with Crippen LogP contribution in [0.4, 0.5) is 0 Å². The maximum absolute atomic E-state index is 9.46. The molecule has 0 spiro atoms. The molecule has 0 radical (unpaired) electrons. The average Bonchev–Trinajstić information content (AvgIpc) is 2.37. The summed E-state index contributed by atoms with van der Waals surface area (Å²) in [7, 11) is 1.83. The maximum atomic E-state index is 9.46. The summed E-state index contributed by atoms with van der Waals surface area (Å²) in [4.78, 5) is 4.03. The molecule has 1 aromatic rings. The summed E-state index contributed by atoms with van der Waals surface area (Å²) in [5, 5.41) is 13.4. The van der Waals surface area contributed by atoms with Crippen molar-refractivity contribution in [1.29, 1.82) is 0 Å². The van der Waals surface area contributed by atoms with Crippen LogP contribution in [0, 0.1) is 0 Å². The molecule has 4 nitrogen and oxygen atoms in total. The van der Waals surface area contributed by atoms with Crippen molar-refractivity contribution < 1.29 is 5.11 Å². The summed E-state index contributed by atoms with van der Waals surface area (Å²) in [5.41, 5.74) is 0. The normalized spacial score (nSPS) is 13.2. The topological polar surface area (TPSA) is 50.9 Å². The number of rotatable bonds is 4. The van der Waals surface area contributed by atoms with Crippen molar-refractivity contribution in [2.24, 2.45) is 7.05 Å². The lowest BCUT2D eigenvalue weighted by atomic mass is 10.1. The first-order valence-electron chi connectivity index (χ1n) is 4.25. The van der Waals surface area contributed by atoms with Gasteiger partial charge in [0.05, 0.1) is 6.10 Å². The Morgan fingerprint density at radius 2 is 2.42 bits per heavy atom. The van der Waals surface area contributed by atoms with Crippen molar-refractivity contribution in [3.8, 4) is 0 Å². The number of aromatic nitrogens is 3. The van der Waals surface area contributed by atoms with Crippen LogP contribution in [0.1, 0.15) is 25.6 Å². The molecule has 12 heavy (non-hydrogen) atoms. The highest BCUT2D eigenvalue weighted by Crippen LogP contribution is 2.03. The minimum atomic E-state index is -0.280. The van der Waals surface area contributed by atoms with Crippen LogP contribution in [0.25, 0.3) is 0 Å². The summed E-state index contributed by atoms with van der Waals surface area (Å²) in [6.45, 7) is 2.06. The predicted molar refractivity (Wildman–Crippen MR) is 45.6 cm³/mol. The summed E-state index contributed by atoms with van der Waals surface area (Å²) in [6.07, 6.45) is 3.66. The van der Waals surface area contributed by atoms with E-state index in [1.54, 1.807) is 4.68 Å². The van der Waals surface area contributed by atoms with Crippen LogP contribution >= 0.6 is 0 Å². The number of hydrogen-bond acceptors (Lipinski definition) is 3. The molecule has 0 aliphatic carbocycles. The van der Waals surface area contributed by atoms with Crippen molar-refractivity contribution in [3.63, 3.8) is 0 Å². The zero-order valence-corrected chi connectivity index (χ0v) is 7.56. The minimum absolute atomic E-state index is 0.280. The fourth-order valence-electron chi connectivity index (χ4n) is 1.15. The third-order valence-electron chi connectivity index (χ3n) is 1.85. The van der Waals surface area contributed by atoms with E-state index < -0.39 is 0 Å². The first-order valence-corrected chi connectivity index (χ1v) is 4.25. The number of nitrogens with zero attached hydrogens (tertiary/aromatic N) is 3. The largest absolute Gasteiger partial charge is 0.393 e. The Labute approximate surface area is 72.2 Å². The van der Waals surface area contributed by atoms with Gasteiger partial charge >= 0.3 is 0 Å². The molecule has 0 bridgehead atoms. The summed E-state index contributed by atoms with van der Waals surface area (Å²) >= 11 is 0. The van der Waals surface area contributed by atoms with E-state index in [-0.39, 0.29) is 6.10 Å². The third-order valence-corrected chi connectivity index (χ3v) is 1.85. The van der Waals surface area contributed by atoms with Gasteiger partial charge in [-0.05, 0) is 6.42 Å². The number of aryl methyl sites for hydroxylation is 1. The average molecular weight is 169 g/mol. The molecule has 0 aliphatic heterocycles. The Morgan fingerprint density at radius 1 is 1.67 bits per heavy atom. The van der Waals surface area contributed by atoms with Crippen LogP contribution in [0.15, 0.2) is 6.33 Å². The van der Waals surface area contributed by atoms with Crippen LogP contribution in [0.5, 0.6) is 0 Å². The van der Waals surface area contributed by atoms with E-state index in [1.165, 1.54) is 6.33 Å². The molecule has 1 N–H and O–H groups in total. The molecule has 0 aromatic carbocycles. The van der Waals surface area contributed by atoms with Crippen molar-refractivity contribution in [3.05, 3.63) is 12.2 Å². The van der Waals surface area contributed by atoms with Crippen molar-refractivity contribution in [2.45, 2.75) is 32.3 Å². The van der Waals surface area contributed by atoms with Gasteiger partial charge in [0.15, 0.2) is 0 Å². The second-order valence-electron chi connectivity index (χ2n) is 2.95. The molecule has 68 valence electrons. The van der Waals surface area contributed by atoms with E-state index in [0.29, 0.717) is 6.42 Å². The maximum Gasteiger partial charge on any atom is 0.138 e. The van der Waals surface area contributed by atoms with Crippen molar-refractivity contribution >= 4 is 0 Å². The van der Waals surface area contributed by atoms with E-state index in [0.717, 1.165) is 18.7 Å². The molecule has 1 aromatic heterocycles. The van der Waals surface area contributed by atoms with Gasteiger partial charge < -0.3 is 5.11 Å². The van der Waals surface area contributed by atoms with E-state index in [1.807, 2.05) is 7.05 Å². The van der Waals surface area contributed by atoms with Crippen LogP contribution in [0.2, 0.25) is 0 Å². The quantitative estimate of drug-likeness (QED) is 0.714. The molecule has 0 aliphatic rings. The van der Waals surface area contributed by atoms with Gasteiger partial charge in [-0.15, -0.1) is 0 Å². The Hall–Kier alpha value is -0.900. The Kier molecular flexibility index (Phi) is 3.22. The second-order valence-corrected chi connectivity index (χ2v) is 2.95. The Balaban J connectivity index is 2.46. The van der Waals surface area contributed by atoms with Gasteiger partial charge in [-0.2, -0.15) is 5.10 Å². The van der Waals surface area contributed by atoms with Gasteiger partial charge in [0, 0.05) is 13.5 Å². The first kappa shape index (κ1) is 9.19. The Bertz CT molecular complexity index is 234. The molecule has 1 heterocycles. The number of hydrogen-bond donors (Lipinski definition) is 1. The van der Waals surface area contributed by atoms with Crippen molar-refractivity contribution in [1.82, 2.24) is 14.8 Å². The minimum Gasteiger partial charge on any atom is -0.393 e. The highest BCUT2D eigenvalue weighted by atomic mass is 16.3. The fraction of sp³-hybridized carbons (Fsp3) is 0.750. The van der Waals surface area contributed by atoms with Gasteiger partial charge in [-0.25, -0.2) is 4.98 Å². The van der Waals surface area contributed by atoms with Gasteiger partial charge in [-0.1, -0.05) is 13.3 Å². The Morgan fingerprint density at radius 3 is 2.92 bits per heavy atom. The molecule has 1 atom stereocenters. The van der Waals surface area contributed by atoms with E-state index in [9.17, 15) is 5.11 Å². The smallest absolute Gasteiger partial charge is 0.138 e. The van der Waals surface area contributed by atoms with Gasteiger partial charge in [0.1, 0.15) is 12.2 Å². The van der Waals surface area contributed by atoms with Crippen molar-refractivity contribution in [2.75, 3.05) is 0 Å². The molecule has 0 fully saturated rings. The van der Waals surface area contributed by atoms with Crippen LogP contribution < -0.4 is 0 Å². The zero-order valence-electron chi connectivity index (χ0n) is 7.56. The monoisotopic (exact) mass is 169 g/mol. The van der Waals surface area contributed by atoms with Crippen LogP contribution in [-0.4, -0.2) is 26.0 Å². The molecular formula is C8H15N3O. The second kappa shape index (κ2) is 4.21. The van der Waals surface area contributed by atoms with E-state index in [4.69, 9.17) is 0 Å². The number of aliphatic hydroxyl groups excluding tert-OH is 1. The van der Waals surface area contributed by atoms with Gasteiger partial charge in [0.25, 0.3) is 0 Å². The summed E-state index contributed by atoms with van der Waals surface area (Å²) in [5.74, 6) is 0.843. The van der Waals surface area contributed by atoms with E-state index >= 15 is 0 Å². The molecule has 0 amide bonds. The lowest BCUT2D eigenvalue weighted by Gasteiger charge is -2.07. The molecule has 0 saturated carbocycles. The first-order chi connectivity index (χ1) is 5.74. The molecule has 1 unspecified atom stereocenters. The third kappa shape index (κ3) is 2.30. The van der Waals surface area contributed by atoms with Gasteiger partial charge in [0.2, 0.25) is 0 Å². The lowest BCUT2D eigenvalue weighted by molar-refractivity contribution is 0.160. The van der Waals surface area contributed by atoms with Gasteiger partial charge in [-0.3, -0.25) is 4.68 Å². The fourth-order valence-corrected chi connectivity index (χ4v) is 1.15.